The number of aliphatic hydroxyl groups is 3. The predicted molar refractivity (Wildman–Crippen MR) is 47.8 cm³/mol. The van der Waals surface area contributed by atoms with Crippen LogP contribution < -0.4 is 0 Å². The number of hydrogen-bond acceptors (Lipinski definition) is 6. The lowest BCUT2D eigenvalue weighted by atomic mass is 10.1. The fourth-order valence-electron chi connectivity index (χ4n) is 2.02. The minimum atomic E-state index is -1.12. The Labute approximate surface area is 87.4 Å². The minimum Gasteiger partial charge on any atom is -0.394 e. The maximum absolute atomic E-state index is 9.53. The largest absolute Gasteiger partial charge is 0.394 e. The summed E-state index contributed by atoms with van der Waals surface area (Å²) in [5.41, 5.74) is 0. The third-order valence-electron chi connectivity index (χ3n) is 2.63. The first kappa shape index (κ1) is 11.3. The van der Waals surface area contributed by atoms with Crippen molar-refractivity contribution in [2.75, 3.05) is 6.61 Å². The van der Waals surface area contributed by atoms with E-state index in [-0.39, 0.29) is 0 Å². The molecule has 6 nitrogen and oxygen atoms in total. The molecule has 0 aromatic carbocycles. The molecule has 2 rings (SSSR count). The van der Waals surface area contributed by atoms with Gasteiger partial charge < -0.3 is 29.5 Å². The summed E-state index contributed by atoms with van der Waals surface area (Å²) >= 11 is 0. The Morgan fingerprint density at radius 2 is 1.87 bits per heavy atom. The zero-order valence-electron chi connectivity index (χ0n) is 8.66. The molecular formula is C9H16O6. The monoisotopic (exact) mass is 220 g/mol. The lowest BCUT2D eigenvalue weighted by Crippen LogP contribution is -2.40. The summed E-state index contributed by atoms with van der Waals surface area (Å²) in [5.74, 6) is -0.798. The Kier molecular flexibility index (Phi) is 2.74. The summed E-state index contributed by atoms with van der Waals surface area (Å²) in [4.78, 5) is 0. The fraction of sp³-hybridized carbons (Fsp3) is 1.00. The molecule has 15 heavy (non-hydrogen) atoms. The molecule has 88 valence electrons. The first-order valence-corrected chi connectivity index (χ1v) is 4.93. The predicted octanol–water partition coefficient (Wildman–Crippen LogP) is -1.42. The number of ether oxygens (including phenoxy) is 3. The van der Waals surface area contributed by atoms with Crippen LogP contribution in [0.4, 0.5) is 0 Å². The van der Waals surface area contributed by atoms with Crippen LogP contribution >= 0.6 is 0 Å². The number of rotatable bonds is 2. The van der Waals surface area contributed by atoms with Crippen LogP contribution in [0, 0.1) is 0 Å². The Morgan fingerprint density at radius 3 is 2.47 bits per heavy atom. The van der Waals surface area contributed by atoms with Crippen LogP contribution in [0.25, 0.3) is 0 Å². The van der Waals surface area contributed by atoms with E-state index in [0.29, 0.717) is 0 Å². The fourth-order valence-corrected chi connectivity index (χ4v) is 2.02. The maximum Gasteiger partial charge on any atom is 0.184 e. The van der Waals surface area contributed by atoms with Gasteiger partial charge in [0.2, 0.25) is 0 Å². The highest BCUT2D eigenvalue weighted by Crippen LogP contribution is 2.38. The van der Waals surface area contributed by atoms with Gasteiger partial charge in [-0.25, -0.2) is 0 Å². The van der Waals surface area contributed by atoms with Gasteiger partial charge in [0.25, 0.3) is 0 Å². The summed E-state index contributed by atoms with van der Waals surface area (Å²) in [6.07, 6.45) is -4.10. The van der Waals surface area contributed by atoms with E-state index in [1.165, 1.54) is 0 Å². The quantitative estimate of drug-likeness (QED) is 0.529. The third kappa shape index (κ3) is 1.89. The van der Waals surface area contributed by atoms with E-state index in [0.717, 1.165) is 0 Å². The summed E-state index contributed by atoms with van der Waals surface area (Å²) in [6, 6.07) is 0. The van der Waals surface area contributed by atoms with Gasteiger partial charge in [0.05, 0.1) is 6.61 Å². The molecule has 2 saturated heterocycles. The molecule has 0 aromatic rings. The van der Waals surface area contributed by atoms with Crippen LogP contribution in [0.5, 0.6) is 0 Å². The highest BCUT2D eigenvalue weighted by atomic mass is 16.8. The van der Waals surface area contributed by atoms with Gasteiger partial charge in [-0.05, 0) is 13.8 Å². The van der Waals surface area contributed by atoms with E-state index in [9.17, 15) is 10.2 Å². The zero-order chi connectivity index (χ0) is 11.2. The lowest BCUT2D eigenvalue weighted by molar-refractivity contribution is -0.231. The van der Waals surface area contributed by atoms with Gasteiger partial charge in [-0.1, -0.05) is 0 Å². The Balaban J connectivity index is 2.12. The molecule has 5 atom stereocenters. The SMILES string of the molecule is CC1(C)O[C@H]2[C@@H]([C@H](O)CO)O[C@H](O)[C@H]2O1. The molecule has 0 aliphatic carbocycles. The Hall–Kier alpha value is -0.240. The van der Waals surface area contributed by atoms with Crippen LogP contribution in [0.1, 0.15) is 13.8 Å². The highest BCUT2D eigenvalue weighted by molar-refractivity contribution is 4.97. The Morgan fingerprint density at radius 1 is 1.27 bits per heavy atom. The van der Waals surface area contributed by atoms with Crippen LogP contribution in [-0.4, -0.2) is 58.4 Å². The summed E-state index contributed by atoms with van der Waals surface area (Å²) in [7, 11) is 0. The second-order valence-electron chi connectivity index (χ2n) is 4.31. The minimum absolute atomic E-state index is 0.440. The second kappa shape index (κ2) is 3.65. The van der Waals surface area contributed by atoms with Crippen LogP contribution in [-0.2, 0) is 14.2 Å². The van der Waals surface area contributed by atoms with Crippen molar-refractivity contribution >= 4 is 0 Å². The molecule has 0 spiro atoms. The molecule has 2 aliphatic rings. The van der Waals surface area contributed by atoms with E-state index in [4.69, 9.17) is 19.3 Å². The molecule has 2 aliphatic heterocycles. The van der Waals surface area contributed by atoms with E-state index >= 15 is 0 Å². The second-order valence-corrected chi connectivity index (χ2v) is 4.31. The van der Waals surface area contributed by atoms with Gasteiger partial charge >= 0.3 is 0 Å². The zero-order valence-corrected chi connectivity index (χ0v) is 8.66. The van der Waals surface area contributed by atoms with E-state index < -0.39 is 43.1 Å². The molecule has 6 heteroatoms. The maximum atomic E-state index is 9.53. The van der Waals surface area contributed by atoms with Crippen LogP contribution in [0.15, 0.2) is 0 Å². The molecule has 2 heterocycles. The van der Waals surface area contributed by atoms with Gasteiger partial charge in [0.15, 0.2) is 12.1 Å². The number of aliphatic hydroxyl groups excluding tert-OH is 3. The molecule has 3 N–H and O–H groups in total. The van der Waals surface area contributed by atoms with Gasteiger partial charge in [0.1, 0.15) is 24.4 Å². The van der Waals surface area contributed by atoms with Crippen molar-refractivity contribution in [3.8, 4) is 0 Å². The summed E-state index contributed by atoms with van der Waals surface area (Å²) in [6.45, 7) is 3.01. The van der Waals surface area contributed by atoms with Crippen molar-refractivity contribution in [1.29, 1.82) is 0 Å². The van der Waals surface area contributed by atoms with Crippen molar-refractivity contribution in [2.24, 2.45) is 0 Å². The standard InChI is InChI=1S/C9H16O6/c1-9(2)14-6-5(4(11)3-10)13-8(12)7(6)15-9/h4-8,10-12H,3H2,1-2H3/t4-,5-,6+,7+,8+/m1/s1. The summed E-state index contributed by atoms with van der Waals surface area (Å²) < 4.78 is 16.0. The average Bonchev–Trinajstić information content (AvgIpc) is 2.61. The van der Waals surface area contributed by atoms with Crippen molar-refractivity contribution in [1.82, 2.24) is 0 Å². The topological polar surface area (TPSA) is 88.4 Å². The lowest BCUT2D eigenvalue weighted by Gasteiger charge is -2.24. The molecule has 0 amide bonds. The van der Waals surface area contributed by atoms with Gasteiger partial charge in [0, 0.05) is 0 Å². The molecule has 0 aromatic heterocycles. The molecular weight excluding hydrogens is 204 g/mol. The van der Waals surface area contributed by atoms with Crippen molar-refractivity contribution in [3.63, 3.8) is 0 Å². The number of hydrogen-bond donors (Lipinski definition) is 3. The first-order chi connectivity index (χ1) is 6.94. The van der Waals surface area contributed by atoms with E-state index in [1.807, 2.05) is 0 Å². The van der Waals surface area contributed by atoms with Gasteiger partial charge in [-0.2, -0.15) is 0 Å². The molecule has 0 bridgehead atoms. The normalized spacial score (nSPS) is 45.4. The summed E-state index contributed by atoms with van der Waals surface area (Å²) in [5, 5.41) is 27.8. The molecule has 0 saturated carbocycles. The van der Waals surface area contributed by atoms with Crippen molar-refractivity contribution in [2.45, 2.75) is 50.3 Å². The number of fused-ring (bicyclic) bond motifs is 1. The Bertz CT molecular complexity index is 243. The molecule has 0 radical (unpaired) electrons. The molecule has 2 fully saturated rings. The van der Waals surface area contributed by atoms with Crippen LogP contribution in [0.2, 0.25) is 0 Å². The first-order valence-electron chi connectivity index (χ1n) is 4.93. The highest BCUT2D eigenvalue weighted by Gasteiger charge is 2.56. The van der Waals surface area contributed by atoms with E-state index in [1.54, 1.807) is 13.8 Å². The molecule has 0 unspecified atom stereocenters. The van der Waals surface area contributed by atoms with Crippen LogP contribution in [0.3, 0.4) is 0 Å². The van der Waals surface area contributed by atoms with Gasteiger partial charge in [-0.15, -0.1) is 0 Å². The van der Waals surface area contributed by atoms with Crippen molar-refractivity contribution < 1.29 is 29.5 Å². The average molecular weight is 220 g/mol. The third-order valence-corrected chi connectivity index (χ3v) is 2.63. The van der Waals surface area contributed by atoms with Gasteiger partial charge in [-0.3, -0.25) is 0 Å². The van der Waals surface area contributed by atoms with E-state index in [2.05, 4.69) is 0 Å². The van der Waals surface area contributed by atoms with Crippen molar-refractivity contribution in [3.05, 3.63) is 0 Å². The smallest absolute Gasteiger partial charge is 0.184 e.